The molecule has 1 aliphatic rings. The van der Waals surface area contributed by atoms with Gasteiger partial charge < -0.3 is 14.8 Å². The van der Waals surface area contributed by atoms with E-state index in [1.54, 1.807) is 6.92 Å². The van der Waals surface area contributed by atoms with Crippen LogP contribution in [0.4, 0.5) is 5.69 Å². The summed E-state index contributed by atoms with van der Waals surface area (Å²) < 4.78 is 11.2. The number of imide groups is 1. The van der Waals surface area contributed by atoms with Crippen LogP contribution in [0, 0.1) is 0 Å². The number of hydrogen-bond donors (Lipinski definition) is 1. The molecule has 1 N–H and O–H groups in total. The fourth-order valence-corrected chi connectivity index (χ4v) is 2.86. The van der Waals surface area contributed by atoms with Gasteiger partial charge in [0.25, 0.3) is 5.91 Å². The number of nitrogens with zero attached hydrogens (tertiary/aromatic N) is 1. The van der Waals surface area contributed by atoms with Crippen LogP contribution in [-0.2, 0) is 9.59 Å². The molecule has 0 spiro atoms. The zero-order valence-corrected chi connectivity index (χ0v) is 14.9. The lowest BCUT2D eigenvalue weighted by Crippen LogP contribution is -2.34. The second-order valence-electron chi connectivity index (χ2n) is 5.91. The Morgan fingerprint density at radius 2 is 1.54 bits per heavy atom. The van der Waals surface area contributed by atoms with Gasteiger partial charge >= 0.3 is 0 Å². The van der Waals surface area contributed by atoms with Gasteiger partial charge in [0.15, 0.2) is 0 Å². The summed E-state index contributed by atoms with van der Waals surface area (Å²) in [5.74, 6) is 1.89. The lowest BCUT2D eigenvalue weighted by Gasteiger charge is -2.14. The Kier molecular flexibility index (Phi) is 5.41. The Balaban J connectivity index is 1.60. The number of likely N-dealkylation sites (tertiary alicyclic amines) is 1. The van der Waals surface area contributed by atoms with Crippen molar-refractivity contribution in [1.82, 2.24) is 4.90 Å². The molecular formula is C20H22N2O4. The van der Waals surface area contributed by atoms with Crippen LogP contribution in [0.2, 0.25) is 0 Å². The predicted octanol–water partition coefficient (Wildman–Crippen LogP) is 3.44. The molecule has 6 nitrogen and oxygen atoms in total. The number of benzene rings is 2. The average molecular weight is 354 g/mol. The summed E-state index contributed by atoms with van der Waals surface area (Å²) in [7, 11) is 0. The lowest BCUT2D eigenvalue weighted by molar-refractivity contribution is -0.138. The van der Waals surface area contributed by atoms with E-state index in [1.807, 2.05) is 55.5 Å². The third kappa shape index (κ3) is 3.96. The maximum absolute atomic E-state index is 12.1. The zero-order valence-electron chi connectivity index (χ0n) is 14.9. The van der Waals surface area contributed by atoms with Crippen molar-refractivity contribution in [2.24, 2.45) is 0 Å². The van der Waals surface area contributed by atoms with Crippen molar-refractivity contribution in [3.05, 3.63) is 48.5 Å². The van der Waals surface area contributed by atoms with Crippen LogP contribution >= 0.6 is 0 Å². The topological polar surface area (TPSA) is 67.9 Å². The van der Waals surface area contributed by atoms with E-state index in [0.717, 1.165) is 11.4 Å². The van der Waals surface area contributed by atoms with E-state index >= 15 is 0 Å². The van der Waals surface area contributed by atoms with Gasteiger partial charge in [0.05, 0.1) is 13.0 Å². The van der Waals surface area contributed by atoms with Crippen molar-refractivity contribution < 1.29 is 19.1 Å². The molecule has 1 fully saturated rings. The maximum atomic E-state index is 12.1. The number of rotatable bonds is 7. The first kappa shape index (κ1) is 17.8. The van der Waals surface area contributed by atoms with Crippen LogP contribution in [0.25, 0.3) is 0 Å². The summed E-state index contributed by atoms with van der Waals surface area (Å²) in [4.78, 5) is 25.2. The van der Waals surface area contributed by atoms with Crippen molar-refractivity contribution in [3.8, 4) is 17.2 Å². The van der Waals surface area contributed by atoms with Gasteiger partial charge in [-0.3, -0.25) is 14.5 Å². The highest BCUT2D eigenvalue weighted by Crippen LogP contribution is 2.26. The zero-order chi connectivity index (χ0) is 18.5. The number of amides is 2. The van der Waals surface area contributed by atoms with Crippen LogP contribution in [-0.4, -0.2) is 35.9 Å². The van der Waals surface area contributed by atoms with Crippen molar-refractivity contribution in [1.29, 1.82) is 0 Å². The quantitative estimate of drug-likeness (QED) is 0.772. The molecule has 2 aromatic rings. The van der Waals surface area contributed by atoms with Crippen molar-refractivity contribution in [2.45, 2.75) is 26.3 Å². The van der Waals surface area contributed by atoms with E-state index < -0.39 is 6.04 Å². The Bertz CT molecular complexity index is 771. The highest BCUT2D eigenvalue weighted by Gasteiger charge is 2.37. The van der Waals surface area contributed by atoms with Gasteiger partial charge in [-0.2, -0.15) is 0 Å². The normalized spacial score (nSPS) is 16.7. The molecule has 1 saturated heterocycles. The first-order chi connectivity index (χ1) is 12.6. The Morgan fingerprint density at radius 1 is 0.962 bits per heavy atom. The molecule has 6 heteroatoms. The number of hydrogen-bond acceptors (Lipinski definition) is 5. The molecule has 26 heavy (non-hydrogen) atoms. The molecule has 0 radical (unpaired) electrons. The summed E-state index contributed by atoms with van der Waals surface area (Å²) in [5.41, 5.74) is 0.771. The van der Waals surface area contributed by atoms with Gasteiger partial charge in [0.2, 0.25) is 5.91 Å². The number of anilines is 1. The second-order valence-corrected chi connectivity index (χ2v) is 5.91. The molecule has 0 aromatic heterocycles. The minimum Gasteiger partial charge on any atom is -0.494 e. The smallest absolute Gasteiger partial charge is 0.252 e. The number of carbonyl (C=O) groups is 2. The van der Waals surface area contributed by atoms with Crippen LogP contribution in [0.1, 0.15) is 20.3 Å². The molecule has 1 aliphatic heterocycles. The molecule has 136 valence electrons. The fraction of sp³-hybridized carbons (Fsp3) is 0.300. The van der Waals surface area contributed by atoms with Crippen LogP contribution in [0.3, 0.4) is 0 Å². The van der Waals surface area contributed by atoms with Crippen LogP contribution < -0.4 is 14.8 Å². The van der Waals surface area contributed by atoms with Crippen molar-refractivity contribution >= 4 is 17.5 Å². The fourth-order valence-electron chi connectivity index (χ4n) is 2.86. The molecule has 0 unspecified atom stereocenters. The molecule has 0 saturated carbocycles. The highest BCUT2D eigenvalue weighted by atomic mass is 16.5. The molecule has 1 heterocycles. The van der Waals surface area contributed by atoms with E-state index in [2.05, 4.69) is 5.32 Å². The standard InChI is InChI=1S/C20H22N2O4/c1-3-22-19(23)13-18(20(22)24)21-14-5-7-16(8-6-14)26-17-11-9-15(10-12-17)25-4-2/h5-12,18,21H,3-4,13H2,1-2H3/t18-/m1/s1. The molecule has 3 rings (SSSR count). The van der Waals surface area contributed by atoms with Crippen molar-refractivity contribution in [3.63, 3.8) is 0 Å². The third-order valence-corrected chi connectivity index (χ3v) is 4.13. The number of carbonyl (C=O) groups excluding carboxylic acids is 2. The minimum atomic E-state index is -0.500. The molecule has 1 atom stereocenters. The summed E-state index contributed by atoms with van der Waals surface area (Å²) in [6, 6.07) is 14.2. The largest absolute Gasteiger partial charge is 0.494 e. The van der Waals surface area contributed by atoms with E-state index in [9.17, 15) is 9.59 Å². The lowest BCUT2D eigenvalue weighted by atomic mass is 10.2. The summed E-state index contributed by atoms with van der Waals surface area (Å²) in [5, 5.41) is 3.11. The molecule has 0 bridgehead atoms. The number of likely N-dealkylation sites (N-methyl/N-ethyl adjacent to an activating group) is 1. The van der Waals surface area contributed by atoms with E-state index in [-0.39, 0.29) is 18.2 Å². The van der Waals surface area contributed by atoms with E-state index in [0.29, 0.717) is 24.7 Å². The third-order valence-electron chi connectivity index (χ3n) is 4.13. The van der Waals surface area contributed by atoms with E-state index in [4.69, 9.17) is 9.47 Å². The molecular weight excluding hydrogens is 332 g/mol. The Hall–Kier alpha value is -3.02. The van der Waals surface area contributed by atoms with Gasteiger partial charge in [-0.15, -0.1) is 0 Å². The summed E-state index contributed by atoms with van der Waals surface area (Å²) in [6.07, 6.45) is 0.192. The first-order valence-electron chi connectivity index (χ1n) is 8.72. The van der Waals surface area contributed by atoms with Crippen molar-refractivity contribution in [2.75, 3.05) is 18.5 Å². The van der Waals surface area contributed by atoms with Gasteiger partial charge in [-0.05, 0) is 62.4 Å². The monoisotopic (exact) mass is 354 g/mol. The van der Waals surface area contributed by atoms with Gasteiger partial charge in [0, 0.05) is 12.2 Å². The van der Waals surface area contributed by atoms with Crippen LogP contribution in [0.5, 0.6) is 17.2 Å². The first-order valence-corrected chi connectivity index (χ1v) is 8.72. The highest BCUT2D eigenvalue weighted by molar-refractivity contribution is 6.06. The SMILES string of the molecule is CCOc1ccc(Oc2ccc(N[C@@H]3CC(=O)N(CC)C3=O)cc2)cc1. The molecule has 2 aromatic carbocycles. The number of nitrogens with one attached hydrogen (secondary N) is 1. The second kappa shape index (κ2) is 7.91. The van der Waals surface area contributed by atoms with Gasteiger partial charge in [0.1, 0.15) is 23.3 Å². The van der Waals surface area contributed by atoms with Gasteiger partial charge in [-0.25, -0.2) is 0 Å². The van der Waals surface area contributed by atoms with Gasteiger partial charge in [-0.1, -0.05) is 0 Å². The average Bonchev–Trinajstić information content (AvgIpc) is 2.91. The Morgan fingerprint density at radius 3 is 2.08 bits per heavy atom. The van der Waals surface area contributed by atoms with E-state index in [1.165, 1.54) is 4.90 Å². The Labute approximate surface area is 152 Å². The molecule has 0 aliphatic carbocycles. The summed E-state index contributed by atoms with van der Waals surface area (Å²) in [6.45, 7) is 4.77. The van der Waals surface area contributed by atoms with Crippen LogP contribution in [0.15, 0.2) is 48.5 Å². The summed E-state index contributed by atoms with van der Waals surface area (Å²) >= 11 is 0. The minimum absolute atomic E-state index is 0.134. The number of ether oxygens (including phenoxy) is 2. The predicted molar refractivity (Wildman–Crippen MR) is 98.5 cm³/mol. The maximum Gasteiger partial charge on any atom is 0.252 e. The molecule has 2 amide bonds.